The highest BCUT2D eigenvalue weighted by molar-refractivity contribution is 6.17. The van der Waals surface area contributed by atoms with Gasteiger partial charge in [0.15, 0.2) is 0 Å². The third kappa shape index (κ3) is 4.15. The van der Waals surface area contributed by atoms with Crippen molar-refractivity contribution in [1.82, 2.24) is 4.90 Å². The summed E-state index contributed by atoms with van der Waals surface area (Å²) in [5.41, 5.74) is 4.17. The normalized spacial score (nSPS) is 11.1. The maximum atomic E-state index is 5.74. The van der Waals surface area contributed by atoms with Crippen molar-refractivity contribution in [1.29, 1.82) is 0 Å². The van der Waals surface area contributed by atoms with Gasteiger partial charge in [0, 0.05) is 12.4 Å². The Morgan fingerprint density at radius 2 is 2.00 bits per heavy atom. The first-order valence-electron chi connectivity index (χ1n) is 6.01. The van der Waals surface area contributed by atoms with Crippen molar-refractivity contribution < 1.29 is 0 Å². The molecule has 1 aromatic carbocycles. The minimum atomic E-state index is 0.753. The van der Waals surface area contributed by atoms with Crippen LogP contribution < -0.4 is 0 Å². The lowest BCUT2D eigenvalue weighted by atomic mass is 10.1. The summed E-state index contributed by atoms with van der Waals surface area (Å²) >= 11 is 5.74. The summed E-state index contributed by atoms with van der Waals surface area (Å²) in [7, 11) is 0. The Balaban J connectivity index is 2.65. The quantitative estimate of drug-likeness (QED) is 0.684. The summed E-state index contributed by atoms with van der Waals surface area (Å²) in [6.45, 7) is 9.76. The van der Waals surface area contributed by atoms with Crippen molar-refractivity contribution in [2.24, 2.45) is 0 Å². The van der Waals surface area contributed by atoms with Gasteiger partial charge in [-0.05, 0) is 44.5 Å². The van der Waals surface area contributed by atoms with Gasteiger partial charge < -0.3 is 0 Å². The van der Waals surface area contributed by atoms with Crippen LogP contribution in [0.1, 0.15) is 30.0 Å². The second-order valence-electron chi connectivity index (χ2n) is 4.34. The molecule has 1 rings (SSSR count). The molecule has 0 saturated carbocycles. The predicted octanol–water partition coefficient (Wildman–Crippen LogP) is 3.75. The molecule has 0 unspecified atom stereocenters. The lowest BCUT2D eigenvalue weighted by Crippen LogP contribution is -2.24. The summed E-state index contributed by atoms with van der Waals surface area (Å²) in [5, 5.41) is 0. The highest BCUT2D eigenvalue weighted by Crippen LogP contribution is 2.13. The van der Waals surface area contributed by atoms with Gasteiger partial charge >= 0.3 is 0 Å². The molecular formula is C14H22ClN. The number of nitrogens with zero attached hydrogens (tertiary/aromatic N) is 1. The first-order valence-corrected chi connectivity index (χ1v) is 6.55. The minimum Gasteiger partial charge on any atom is -0.299 e. The number of alkyl halides is 1. The summed E-state index contributed by atoms with van der Waals surface area (Å²) in [5.74, 6) is 0.753. The Labute approximate surface area is 104 Å². The summed E-state index contributed by atoms with van der Waals surface area (Å²) in [6, 6.07) is 6.67. The highest BCUT2D eigenvalue weighted by Gasteiger charge is 2.05. The predicted molar refractivity (Wildman–Crippen MR) is 72.2 cm³/mol. The van der Waals surface area contributed by atoms with Gasteiger partial charge in [-0.25, -0.2) is 0 Å². The molecule has 1 aromatic rings. The number of benzene rings is 1. The first kappa shape index (κ1) is 13.5. The van der Waals surface area contributed by atoms with Crippen LogP contribution in [0.25, 0.3) is 0 Å². The van der Waals surface area contributed by atoms with Gasteiger partial charge in [0.05, 0.1) is 0 Å². The van der Waals surface area contributed by atoms with E-state index in [0.29, 0.717) is 0 Å². The lowest BCUT2D eigenvalue weighted by molar-refractivity contribution is 0.280. The highest BCUT2D eigenvalue weighted by atomic mass is 35.5. The summed E-state index contributed by atoms with van der Waals surface area (Å²) in [6.07, 6.45) is 1.07. The van der Waals surface area contributed by atoms with Crippen LogP contribution in [0.5, 0.6) is 0 Å². The van der Waals surface area contributed by atoms with E-state index in [2.05, 4.69) is 43.9 Å². The molecule has 0 atom stereocenters. The number of aryl methyl sites for hydroxylation is 2. The Morgan fingerprint density at radius 3 is 2.62 bits per heavy atom. The Morgan fingerprint density at radius 1 is 1.25 bits per heavy atom. The Hall–Kier alpha value is -0.530. The topological polar surface area (TPSA) is 3.24 Å². The van der Waals surface area contributed by atoms with Crippen LogP contribution in [0.3, 0.4) is 0 Å². The first-order chi connectivity index (χ1) is 7.67. The lowest BCUT2D eigenvalue weighted by Gasteiger charge is -2.21. The molecular weight excluding hydrogens is 218 g/mol. The van der Waals surface area contributed by atoms with Gasteiger partial charge in [0.2, 0.25) is 0 Å². The molecule has 0 aliphatic carbocycles. The van der Waals surface area contributed by atoms with E-state index in [9.17, 15) is 0 Å². The van der Waals surface area contributed by atoms with Crippen molar-refractivity contribution in [3.63, 3.8) is 0 Å². The number of hydrogen-bond acceptors (Lipinski definition) is 1. The second kappa shape index (κ2) is 6.93. The van der Waals surface area contributed by atoms with Gasteiger partial charge in [-0.1, -0.05) is 30.7 Å². The molecule has 0 spiro atoms. The maximum absolute atomic E-state index is 5.74. The van der Waals surface area contributed by atoms with E-state index in [1.54, 1.807) is 0 Å². The minimum absolute atomic E-state index is 0.753. The van der Waals surface area contributed by atoms with Crippen molar-refractivity contribution in [2.75, 3.05) is 19.0 Å². The molecule has 0 bridgehead atoms. The smallest absolute Gasteiger partial charge is 0.0236 e. The molecule has 0 N–H and O–H groups in total. The van der Waals surface area contributed by atoms with E-state index in [4.69, 9.17) is 11.6 Å². The number of rotatable bonds is 6. The van der Waals surface area contributed by atoms with Gasteiger partial charge in [-0.3, -0.25) is 4.90 Å². The molecule has 0 heterocycles. The van der Waals surface area contributed by atoms with Crippen LogP contribution in [0.4, 0.5) is 0 Å². The van der Waals surface area contributed by atoms with Crippen LogP contribution in [-0.4, -0.2) is 23.9 Å². The molecule has 0 radical (unpaired) electrons. The standard InChI is InChI=1S/C14H22ClN/c1-4-16(9-5-8-15)11-14-10-12(2)6-7-13(14)3/h6-7,10H,4-5,8-9,11H2,1-3H3. The number of hydrogen-bond donors (Lipinski definition) is 0. The van der Waals surface area contributed by atoms with E-state index in [0.717, 1.165) is 31.9 Å². The van der Waals surface area contributed by atoms with Crippen molar-refractivity contribution in [2.45, 2.75) is 33.7 Å². The molecule has 0 fully saturated rings. The fraction of sp³-hybridized carbons (Fsp3) is 0.571. The van der Waals surface area contributed by atoms with Gasteiger partial charge in [-0.2, -0.15) is 0 Å². The fourth-order valence-electron chi connectivity index (χ4n) is 1.84. The molecule has 0 aliphatic rings. The zero-order valence-corrected chi connectivity index (χ0v) is 11.3. The zero-order valence-electron chi connectivity index (χ0n) is 10.6. The molecule has 0 saturated heterocycles. The molecule has 0 aromatic heterocycles. The molecule has 2 heteroatoms. The van der Waals surface area contributed by atoms with Crippen LogP contribution in [0.2, 0.25) is 0 Å². The van der Waals surface area contributed by atoms with Gasteiger partial charge in [0.25, 0.3) is 0 Å². The molecule has 90 valence electrons. The van der Waals surface area contributed by atoms with Crippen LogP contribution in [-0.2, 0) is 6.54 Å². The van der Waals surface area contributed by atoms with Crippen LogP contribution in [0, 0.1) is 13.8 Å². The van der Waals surface area contributed by atoms with Crippen LogP contribution in [0.15, 0.2) is 18.2 Å². The average Bonchev–Trinajstić information content (AvgIpc) is 2.28. The van der Waals surface area contributed by atoms with E-state index in [1.165, 1.54) is 16.7 Å². The molecule has 0 aliphatic heterocycles. The third-order valence-electron chi connectivity index (χ3n) is 2.95. The van der Waals surface area contributed by atoms with Gasteiger partial charge in [-0.15, -0.1) is 11.6 Å². The van der Waals surface area contributed by atoms with E-state index in [-0.39, 0.29) is 0 Å². The summed E-state index contributed by atoms with van der Waals surface area (Å²) in [4.78, 5) is 2.45. The van der Waals surface area contributed by atoms with Crippen LogP contribution >= 0.6 is 11.6 Å². The third-order valence-corrected chi connectivity index (χ3v) is 3.22. The van der Waals surface area contributed by atoms with E-state index in [1.807, 2.05) is 0 Å². The van der Waals surface area contributed by atoms with Crippen molar-refractivity contribution in [3.05, 3.63) is 34.9 Å². The number of halogens is 1. The molecule has 16 heavy (non-hydrogen) atoms. The SMILES string of the molecule is CCN(CCCCl)Cc1cc(C)ccc1C. The Bertz CT molecular complexity index is 323. The van der Waals surface area contributed by atoms with Crippen molar-refractivity contribution in [3.8, 4) is 0 Å². The summed E-state index contributed by atoms with van der Waals surface area (Å²) < 4.78 is 0. The average molecular weight is 240 g/mol. The monoisotopic (exact) mass is 239 g/mol. The van der Waals surface area contributed by atoms with Crippen molar-refractivity contribution >= 4 is 11.6 Å². The van der Waals surface area contributed by atoms with E-state index >= 15 is 0 Å². The molecule has 1 nitrogen and oxygen atoms in total. The zero-order chi connectivity index (χ0) is 12.0. The second-order valence-corrected chi connectivity index (χ2v) is 4.72. The fourth-order valence-corrected chi connectivity index (χ4v) is 1.96. The van der Waals surface area contributed by atoms with Gasteiger partial charge in [0.1, 0.15) is 0 Å². The maximum Gasteiger partial charge on any atom is 0.0236 e. The van der Waals surface area contributed by atoms with E-state index < -0.39 is 0 Å². The largest absolute Gasteiger partial charge is 0.299 e. The molecule has 0 amide bonds. The Kier molecular flexibility index (Phi) is 5.86.